The summed E-state index contributed by atoms with van der Waals surface area (Å²) in [6.45, 7) is 3.57. The molecule has 0 unspecified atom stereocenters. The molecule has 5 nitrogen and oxygen atoms in total. The van der Waals surface area contributed by atoms with Crippen molar-refractivity contribution in [2.24, 2.45) is 0 Å². The highest BCUT2D eigenvalue weighted by atomic mass is 35.5. The molecule has 0 radical (unpaired) electrons. The molecule has 128 valence electrons. The molecule has 0 aliphatic rings. The number of amides is 1. The topological polar surface area (TPSA) is 61.8 Å². The lowest BCUT2D eigenvalue weighted by atomic mass is 10.2. The highest BCUT2D eigenvalue weighted by Gasteiger charge is 2.14. The van der Waals surface area contributed by atoms with Gasteiger partial charge >= 0.3 is 6.09 Å². The zero-order chi connectivity index (χ0) is 17.4. The number of carbonyl (C=O) groups excluding carboxylic acids is 1. The van der Waals surface area contributed by atoms with Crippen LogP contribution in [0.4, 0.5) is 10.5 Å². The first-order valence-corrected chi connectivity index (χ1v) is 8.16. The fourth-order valence-corrected chi connectivity index (χ4v) is 2.47. The number of benzene rings is 2. The van der Waals surface area contributed by atoms with Crippen LogP contribution in [0.15, 0.2) is 48.5 Å². The first-order valence-electron chi connectivity index (χ1n) is 7.78. The molecule has 2 rings (SSSR count). The lowest BCUT2D eigenvalue weighted by Gasteiger charge is -2.22. The number of rotatable bonds is 7. The minimum Gasteiger partial charge on any atom is -0.508 e. The van der Waals surface area contributed by atoms with E-state index in [-0.39, 0.29) is 11.8 Å². The van der Waals surface area contributed by atoms with E-state index in [1.54, 1.807) is 24.0 Å². The number of ether oxygens (including phenoxy) is 1. The Bertz CT molecular complexity index is 665. The molecule has 0 fully saturated rings. The van der Waals surface area contributed by atoms with E-state index < -0.39 is 0 Å². The fraction of sp³-hybridized carbons (Fsp3) is 0.278. The van der Waals surface area contributed by atoms with Crippen LogP contribution in [0.2, 0.25) is 5.02 Å². The van der Waals surface area contributed by atoms with Crippen molar-refractivity contribution in [3.05, 3.63) is 59.1 Å². The Hall–Kier alpha value is -2.40. The lowest BCUT2D eigenvalue weighted by Crippen LogP contribution is -2.35. The van der Waals surface area contributed by atoms with Crippen LogP contribution in [0.5, 0.6) is 5.75 Å². The molecule has 2 aromatic rings. The summed E-state index contributed by atoms with van der Waals surface area (Å²) in [6.07, 6.45) is -0.347. The van der Waals surface area contributed by atoms with Gasteiger partial charge in [-0.3, -0.25) is 0 Å². The molecule has 6 heteroatoms. The van der Waals surface area contributed by atoms with Gasteiger partial charge < -0.3 is 20.1 Å². The molecule has 2 aromatic carbocycles. The summed E-state index contributed by atoms with van der Waals surface area (Å²) in [5.41, 5.74) is 1.74. The van der Waals surface area contributed by atoms with Gasteiger partial charge in [-0.2, -0.15) is 0 Å². The predicted molar refractivity (Wildman–Crippen MR) is 95.5 cm³/mol. The zero-order valence-electron chi connectivity index (χ0n) is 13.5. The number of nitrogens with one attached hydrogen (secondary N) is 1. The van der Waals surface area contributed by atoms with Gasteiger partial charge in [0.1, 0.15) is 5.75 Å². The first-order chi connectivity index (χ1) is 11.6. The number of aromatic hydroxyl groups is 1. The van der Waals surface area contributed by atoms with Gasteiger partial charge in [0.15, 0.2) is 0 Å². The maximum Gasteiger partial charge on any atom is 0.410 e. The fourth-order valence-electron chi connectivity index (χ4n) is 2.23. The van der Waals surface area contributed by atoms with Gasteiger partial charge in [0.05, 0.1) is 17.3 Å². The van der Waals surface area contributed by atoms with E-state index in [9.17, 15) is 9.90 Å². The molecule has 0 heterocycles. The highest BCUT2D eigenvalue weighted by Crippen LogP contribution is 2.25. The molecule has 0 aromatic heterocycles. The number of halogens is 1. The summed E-state index contributed by atoms with van der Waals surface area (Å²) < 4.78 is 5.12. The molecular formula is C18H21ClN2O3. The van der Waals surface area contributed by atoms with E-state index in [0.29, 0.717) is 37.0 Å². The summed E-state index contributed by atoms with van der Waals surface area (Å²) in [5.74, 6) is 0.114. The third-order valence-electron chi connectivity index (χ3n) is 3.39. The van der Waals surface area contributed by atoms with Crippen LogP contribution in [-0.2, 0) is 11.3 Å². The minimum atomic E-state index is -0.347. The van der Waals surface area contributed by atoms with Crippen LogP contribution >= 0.6 is 11.6 Å². The second kappa shape index (κ2) is 9.03. The second-order valence-corrected chi connectivity index (χ2v) is 5.60. The molecule has 0 spiro atoms. The number of nitrogens with zero attached hydrogens (tertiary/aromatic N) is 1. The molecule has 1 amide bonds. The molecule has 0 aliphatic heterocycles. The molecule has 0 atom stereocenters. The minimum absolute atomic E-state index is 0.114. The summed E-state index contributed by atoms with van der Waals surface area (Å²) in [4.78, 5) is 13.8. The molecule has 0 saturated heterocycles. The number of hydrogen-bond donors (Lipinski definition) is 2. The molecule has 0 bridgehead atoms. The van der Waals surface area contributed by atoms with Crippen molar-refractivity contribution in [1.29, 1.82) is 0 Å². The van der Waals surface area contributed by atoms with Crippen LogP contribution < -0.4 is 5.32 Å². The van der Waals surface area contributed by atoms with Gasteiger partial charge in [-0.15, -0.1) is 0 Å². The zero-order valence-corrected chi connectivity index (χ0v) is 14.3. The van der Waals surface area contributed by atoms with Crippen molar-refractivity contribution >= 4 is 23.4 Å². The first kappa shape index (κ1) is 17.9. The average molecular weight is 349 g/mol. The van der Waals surface area contributed by atoms with E-state index in [1.807, 2.05) is 30.3 Å². The van der Waals surface area contributed by atoms with Gasteiger partial charge in [-0.25, -0.2) is 4.79 Å². The van der Waals surface area contributed by atoms with Crippen LogP contribution in [0.25, 0.3) is 0 Å². The maximum atomic E-state index is 12.1. The van der Waals surface area contributed by atoms with Crippen molar-refractivity contribution in [3.63, 3.8) is 0 Å². The number of carbonyl (C=O) groups is 1. The lowest BCUT2D eigenvalue weighted by molar-refractivity contribution is 0.106. The SMILES string of the molecule is CCOC(=O)N(CCNc1ccc(O)cc1Cl)Cc1ccccc1. The molecule has 0 saturated carbocycles. The largest absolute Gasteiger partial charge is 0.508 e. The smallest absolute Gasteiger partial charge is 0.410 e. The number of phenolic OH excluding ortho intramolecular Hbond substituents is 1. The Morgan fingerprint density at radius 3 is 2.67 bits per heavy atom. The predicted octanol–water partition coefficient (Wildman–Crippen LogP) is 4.12. The Balaban J connectivity index is 1.96. The van der Waals surface area contributed by atoms with Gasteiger partial charge in [0, 0.05) is 25.7 Å². The van der Waals surface area contributed by atoms with Crippen LogP contribution in [0, 0.1) is 0 Å². The maximum absolute atomic E-state index is 12.1. The Kier molecular flexibility index (Phi) is 6.75. The van der Waals surface area contributed by atoms with Crippen molar-refractivity contribution in [1.82, 2.24) is 4.90 Å². The van der Waals surface area contributed by atoms with E-state index >= 15 is 0 Å². The van der Waals surface area contributed by atoms with Crippen LogP contribution in [0.1, 0.15) is 12.5 Å². The Morgan fingerprint density at radius 2 is 2.00 bits per heavy atom. The highest BCUT2D eigenvalue weighted by molar-refractivity contribution is 6.33. The monoisotopic (exact) mass is 348 g/mol. The quantitative estimate of drug-likeness (QED) is 0.739. The van der Waals surface area contributed by atoms with Crippen molar-refractivity contribution < 1.29 is 14.6 Å². The second-order valence-electron chi connectivity index (χ2n) is 5.20. The van der Waals surface area contributed by atoms with Crippen molar-refractivity contribution in [2.75, 3.05) is 25.0 Å². The summed E-state index contributed by atoms with van der Waals surface area (Å²) in [7, 11) is 0. The van der Waals surface area contributed by atoms with Gasteiger partial charge in [0.25, 0.3) is 0 Å². The van der Waals surface area contributed by atoms with Crippen molar-refractivity contribution in [3.8, 4) is 5.75 Å². The molecule has 2 N–H and O–H groups in total. The number of hydrogen-bond acceptors (Lipinski definition) is 4. The van der Waals surface area contributed by atoms with E-state index in [2.05, 4.69) is 5.32 Å². The molecular weight excluding hydrogens is 328 g/mol. The summed E-state index contributed by atoms with van der Waals surface area (Å²) in [5, 5.41) is 13.0. The molecule has 24 heavy (non-hydrogen) atoms. The standard InChI is InChI=1S/C18H21ClN2O3/c1-2-24-18(23)21(13-14-6-4-3-5-7-14)11-10-20-17-9-8-15(22)12-16(17)19/h3-9,12,20,22H,2,10-11,13H2,1H3. The third kappa shape index (κ3) is 5.35. The van der Waals surface area contributed by atoms with E-state index in [0.717, 1.165) is 5.56 Å². The van der Waals surface area contributed by atoms with Crippen molar-refractivity contribution in [2.45, 2.75) is 13.5 Å². The van der Waals surface area contributed by atoms with Gasteiger partial charge in [-0.05, 0) is 24.6 Å². The summed E-state index contributed by atoms with van der Waals surface area (Å²) >= 11 is 6.06. The van der Waals surface area contributed by atoms with E-state index in [4.69, 9.17) is 16.3 Å². The third-order valence-corrected chi connectivity index (χ3v) is 3.70. The summed E-state index contributed by atoms with van der Waals surface area (Å²) in [6, 6.07) is 14.5. The normalized spacial score (nSPS) is 10.2. The van der Waals surface area contributed by atoms with E-state index in [1.165, 1.54) is 6.07 Å². The average Bonchev–Trinajstić information content (AvgIpc) is 2.57. The Morgan fingerprint density at radius 1 is 1.25 bits per heavy atom. The molecule has 0 aliphatic carbocycles. The number of phenols is 1. The van der Waals surface area contributed by atoms with Crippen LogP contribution in [0.3, 0.4) is 0 Å². The number of anilines is 1. The van der Waals surface area contributed by atoms with Gasteiger partial charge in [0.2, 0.25) is 0 Å². The van der Waals surface area contributed by atoms with Gasteiger partial charge in [-0.1, -0.05) is 41.9 Å². The van der Waals surface area contributed by atoms with Crippen LogP contribution in [-0.4, -0.2) is 35.8 Å². The Labute approximate surface area is 146 Å².